The van der Waals surface area contributed by atoms with Gasteiger partial charge in [-0.1, -0.05) is 65.1 Å². The molecule has 0 saturated carbocycles. The number of rotatable bonds is 9. The fraction of sp³-hybridized carbons (Fsp3) is 0.238. The van der Waals surface area contributed by atoms with Crippen LogP contribution in [0.15, 0.2) is 59.5 Å². The zero-order chi connectivity index (χ0) is 20.8. The van der Waals surface area contributed by atoms with Gasteiger partial charge >= 0.3 is 0 Å². The van der Waals surface area contributed by atoms with E-state index in [-0.39, 0.29) is 0 Å². The second-order valence-corrected chi connectivity index (χ2v) is 9.84. The van der Waals surface area contributed by atoms with E-state index < -0.39 is 8.38 Å². The third kappa shape index (κ3) is 6.15. The Morgan fingerprint density at radius 1 is 0.897 bits per heavy atom. The number of hydrogen-bond acceptors (Lipinski definition) is 4. The van der Waals surface area contributed by atoms with Crippen molar-refractivity contribution in [3.8, 4) is 0 Å². The molecule has 0 aliphatic carbocycles. The number of halogens is 3. The Balaban J connectivity index is 2.06. The Hall–Kier alpha value is -0.710. The van der Waals surface area contributed by atoms with Crippen LogP contribution in [0, 0.1) is 0 Å². The highest BCUT2D eigenvalue weighted by molar-refractivity contribution is 8.01. The second kappa shape index (κ2) is 11.1. The molecule has 3 nitrogen and oxygen atoms in total. The number of nitrogens with zero attached hydrogens (tertiary/aromatic N) is 1. The van der Waals surface area contributed by atoms with E-state index in [1.54, 1.807) is 6.07 Å². The molecule has 0 aliphatic heterocycles. The third-order valence-electron chi connectivity index (χ3n) is 3.94. The van der Waals surface area contributed by atoms with Crippen LogP contribution < -0.4 is 4.31 Å². The summed E-state index contributed by atoms with van der Waals surface area (Å²) in [5, 5.41) is 4.00. The lowest BCUT2D eigenvalue weighted by atomic mass is 10.1. The lowest BCUT2D eigenvalue weighted by molar-refractivity contribution is 0.270. The normalized spacial score (nSPS) is 11.4. The predicted octanol–water partition coefficient (Wildman–Crippen LogP) is 8.66. The summed E-state index contributed by atoms with van der Waals surface area (Å²) in [4.78, 5) is 0.912. The van der Waals surface area contributed by atoms with Crippen molar-refractivity contribution in [1.82, 2.24) is 0 Å². The Morgan fingerprint density at radius 2 is 1.55 bits per heavy atom. The monoisotopic (exact) mass is 487 g/mol. The van der Waals surface area contributed by atoms with Gasteiger partial charge in [-0.05, 0) is 55.4 Å². The Kier molecular flexibility index (Phi) is 8.76. The SMILES string of the molecule is CCOP(CN(Sc1cc(Cl)cc(Cl)c1)c1c(Cl)ccc2ccccc12)OCC. The lowest BCUT2D eigenvalue weighted by Gasteiger charge is -2.29. The number of benzene rings is 3. The van der Waals surface area contributed by atoms with Crippen molar-refractivity contribution in [2.45, 2.75) is 18.7 Å². The molecule has 0 atom stereocenters. The first-order valence-corrected chi connectivity index (χ1v) is 12.4. The van der Waals surface area contributed by atoms with Crippen LogP contribution in [0.5, 0.6) is 0 Å². The molecule has 0 spiro atoms. The minimum atomic E-state index is -1.12. The standard InChI is InChI=1S/C21H21Cl3NO2PS/c1-3-26-28(27-4-2)14-25(29-18-12-16(22)11-17(23)13-18)21-19-8-6-5-7-15(19)9-10-20(21)24/h5-13H,3-4,14H2,1-2H3. The molecule has 3 rings (SSSR count). The van der Waals surface area contributed by atoms with Gasteiger partial charge in [-0.3, -0.25) is 0 Å². The molecular formula is C21H21Cl3NO2PS. The Labute approximate surface area is 192 Å². The maximum absolute atomic E-state index is 6.68. The van der Waals surface area contributed by atoms with Gasteiger partial charge < -0.3 is 13.4 Å². The van der Waals surface area contributed by atoms with Crippen molar-refractivity contribution in [2.24, 2.45) is 0 Å². The minimum Gasteiger partial charge on any atom is -0.333 e. The molecule has 0 aliphatic rings. The first-order valence-electron chi connectivity index (χ1n) is 9.14. The van der Waals surface area contributed by atoms with Crippen molar-refractivity contribution in [3.05, 3.63) is 69.7 Å². The van der Waals surface area contributed by atoms with E-state index in [4.69, 9.17) is 43.9 Å². The average molecular weight is 489 g/mol. The van der Waals surface area contributed by atoms with Gasteiger partial charge in [0.15, 0.2) is 8.38 Å². The molecule has 0 heterocycles. The summed E-state index contributed by atoms with van der Waals surface area (Å²) in [6.45, 7) is 5.09. The van der Waals surface area contributed by atoms with E-state index in [0.29, 0.717) is 34.6 Å². The van der Waals surface area contributed by atoms with Gasteiger partial charge in [0.05, 0.1) is 30.2 Å². The van der Waals surface area contributed by atoms with Gasteiger partial charge in [-0.2, -0.15) is 0 Å². The molecule has 0 amide bonds. The van der Waals surface area contributed by atoms with Crippen LogP contribution in [0.1, 0.15) is 13.8 Å². The molecule has 0 fully saturated rings. The number of hydrogen-bond donors (Lipinski definition) is 0. The maximum Gasteiger partial charge on any atom is 0.192 e. The topological polar surface area (TPSA) is 21.7 Å². The molecule has 0 N–H and O–H groups in total. The van der Waals surface area contributed by atoms with Crippen molar-refractivity contribution in [3.63, 3.8) is 0 Å². The summed E-state index contributed by atoms with van der Waals surface area (Å²) < 4.78 is 13.8. The molecule has 8 heteroatoms. The minimum absolute atomic E-state index is 0.541. The molecule has 0 bridgehead atoms. The number of fused-ring (bicyclic) bond motifs is 1. The summed E-state index contributed by atoms with van der Waals surface area (Å²) in [5.41, 5.74) is 0.915. The summed E-state index contributed by atoms with van der Waals surface area (Å²) in [5.74, 6) is 0. The van der Waals surface area contributed by atoms with Crippen LogP contribution >= 0.6 is 55.1 Å². The van der Waals surface area contributed by atoms with Crippen LogP contribution in [-0.4, -0.2) is 19.5 Å². The summed E-state index contributed by atoms with van der Waals surface area (Å²) in [6.07, 6.45) is 0.541. The van der Waals surface area contributed by atoms with Crippen molar-refractivity contribution in [1.29, 1.82) is 0 Å². The molecule has 154 valence electrons. The lowest BCUT2D eigenvalue weighted by Crippen LogP contribution is -2.17. The molecule has 29 heavy (non-hydrogen) atoms. The molecule has 0 aromatic heterocycles. The smallest absolute Gasteiger partial charge is 0.192 e. The second-order valence-electron chi connectivity index (χ2n) is 6.00. The van der Waals surface area contributed by atoms with Crippen LogP contribution in [-0.2, 0) is 9.05 Å². The largest absolute Gasteiger partial charge is 0.333 e. The zero-order valence-corrected chi connectivity index (χ0v) is 20.0. The highest BCUT2D eigenvalue weighted by Gasteiger charge is 2.22. The maximum atomic E-state index is 6.68. The van der Waals surface area contributed by atoms with Gasteiger partial charge in [-0.15, -0.1) is 0 Å². The highest BCUT2D eigenvalue weighted by Crippen LogP contribution is 2.47. The summed E-state index contributed by atoms with van der Waals surface area (Å²) in [6, 6.07) is 17.6. The van der Waals surface area contributed by atoms with Gasteiger partial charge in [0.25, 0.3) is 0 Å². The molecule has 3 aromatic rings. The molecule has 0 radical (unpaired) electrons. The molecule has 0 unspecified atom stereocenters. The first-order chi connectivity index (χ1) is 14.0. The van der Waals surface area contributed by atoms with Gasteiger partial charge in [0.2, 0.25) is 0 Å². The predicted molar refractivity (Wildman–Crippen MR) is 129 cm³/mol. The van der Waals surface area contributed by atoms with Crippen LogP contribution in [0.25, 0.3) is 10.8 Å². The van der Waals surface area contributed by atoms with E-state index >= 15 is 0 Å². The number of anilines is 1. The third-order valence-corrected chi connectivity index (χ3v) is 7.46. The summed E-state index contributed by atoms with van der Waals surface area (Å²) in [7, 11) is -1.12. The highest BCUT2D eigenvalue weighted by atomic mass is 35.5. The first kappa shape index (κ1) is 23.0. The Bertz CT molecular complexity index is 950. The van der Waals surface area contributed by atoms with Gasteiger partial charge in [0, 0.05) is 20.3 Å². The molecular weight excluding hydrogens is 468 g/mol. The molecule has 0 saturated heterocycles. The van der Waals surface area contributed by atoms with E-state index in [2.05, 4.69) is 16.4 Å². The zero-order valence-electron chi connectivity index (χ0n) is 16.1. The van der Waals surface area contributed by atoms with Crippen LogP contribution in [0.2, 0.25) is 15.1 Å². The van der Waals surface area contributed by atoms with E-state index in [1.165, 1.54) is 11.9 Å². The van der Waals surface area contributed by atoms with Crippen LogP contribution in [0.3, 0.4) is 0 Å². The quantitative estimate of drug-likeness (QED) is 0.222. The van der Waals surface area contributed by atoms with Crippen molar-refractivity contribution >= 4 is 71.6 Å². The van der Waals surface area contributed by atoms with E-state index in [0.717, 1.165) is 21.4 Å². The fourth-order valence-electron chi connectivity index (χ4n) is 2.85. The molecule has 3 aromatic carbocycles. The fourth-order valence-corrected chi connectivity index (χ4v) is 6.40. The van der Waals surface area contributed by atoms with E-state index in [9.17, 15) is 0 Å². The van der Waals surface area contributed by atoms with Crippen molar-refractivity contribution in [2.75, 3.05) is 23.8 Å². The van der Waals surface area contributed by atoms with E-state index in [1.807, 2.05) is 50.2 Å². The van der Waals surface area contributed by atoms with Gasteiger partial charge in [0.1, 0.15) is 0 Å². The van der Waals surface area contributed by atoms with Crippen LogP contribution in [0.4, 0.5) is 5.69 Å². The summed E-state index contributed by atoms with van der Waals surface area (Å²) >= 11 is 20.6. The van der Waals surface area contributed by atoms with Crippen molar-refractivity contribution < 1.29 is 9.05 Å². The Morgan fingerprint density at radius 3 is 2.21 bits per heavy atom. The average Bonchev–Trinajstić information content (AvgIpc) is 2.67. The van der Waals surface area contributed by atoms with Gasteiger partial charge in [-0.25, -0.2) is 0 Å².